The van der Waals surface area contributed by atoms with Crippen LogP contribution in [0.15, 0.2) is 48.7 Å². The average molecular weight is 475 g/mol. The molecule has 2 aromatic carbocycles. The zero-order chi connectivity index (χ0) is 24.0. The predicted octanol–water partition coefficient (Wildman–Crippen LogP) is 3.35. The van der Waals surface area contributed by atoms with Crippen molar-refractivity contribution in [3.05, 3.63) is 59.8 Å². The normalized spacial score (nSPS) is 17.0. The number of nitrogen functional groups attached to an aromatic ring is 1. The van der Waals surface area contributed by atoms with Crippen molar-refractivity contribution in [3.8, 4) is 11.3 Å². The van der Waals surface area contributed by atoms with Crippen LogP contribution in [-0.4, -0.2) is 55.3 Å². The molecule has 3 aliphatic rings. The highest BCUT2D eigenvalue weighted by Gasteiger charge is 2.15. The first-order chi connectivity index (χ1) is 17.2. The highest BCUT2D eigenvalue weighted by atomic mass is 16.5. The number of nitrogens with one attached hydrogen (secondary N) is 2. The summed E-state index contributed by atoms with van der Waals surface area (Å²) in [4.78, 5) is 23.9. The number of carbonyl (C=O) groups is 1. The van der Waals surface area contributed by atoms with E-state index in [0.717, 1.165) is 48.4 Å². The van der Waals surface area contributed by atoms with Gasteiger partial charge in [-0.1, -0.05) is 0 Å². The smallest absolute Gasteiger partial charge is 0.251 e. The van der Waals surface area contributed by atoms with Gasteiger partial charge in [0, 0.05) is 60.6 Å². The Kier molecular flexibility index (Phi) is 7.06. The van der Waals surface area contributed by atoms with Gasteiger partial charge >= 0.3 is 0 Å². The Morgan fingerprint density at radius 1 is 0.971 bits per heavy atom. The van der Waals surface area contributed by atoms with Crippen LogP contribution in [0.25, 0.3) is 11.3 Å². The quantitative estimate of drug-likeness (QED) is 0.460. The molecule has 3 aromatic rings. The van der Waals surface area contributed by atoms with Crippen molar-refractivity contribution in [2.24, 2.45) is 0 Å². The van der Waals surface area contributed by atoms with Crippen molar-refractivity contribution < 1.29 is 14.3 Å². The van der Waals surface area contributed by atoms with Gasteiger partial charge in [-0.05, 0) is 60.9 Å². The summed E-state index contributed by atoms with van der Waals surface area (Å²) in [6.45, 7) is 4.82. The molecule has 1 fully saturated rings. The molecule has 1 aromatic heterocycles. The van der Waals surface area contributed by atoms with Gasteiger partial charge in [0.2, 0.25) is 5.95 Å². The molecule has 6 bridgehead atoms. The first-order valence-electron chi connectivity index (χ1n) is 12.0. The van der Waals surface area contributed by atoms with Gasteiger partial charge in [0.1, 0.15) is 0 Å². The molecule has 35 heavy (non-hydrogen) atoms. The largest absolute Gasteiger partial charge is 0.398 e. The van der Waals surface area contributed by atoms with Gasteiger partial charge in [-0.2, -0.15) is 0 Å². The molecule has 4 heterocycles. The van der Waals surface area contributed by atoms with Crippen molar-refractivity contribution >= 4 is 28.9 Å². The van der Waals surface area contributed by atoms with Crippen molar-refractivity contribution in [2.75, 3.05) is 55.4 Å². The SMILES string of the molecule is Nc1cc2ccc1-c1ccnc(n1)Nc1cc(cc(N3CCOCC3)c1)COCCCCNC2=O. The van der Waals surface area contributed by atoms with E-state index in [-0.39, 0.29) is 5.91 Å². The molecule has 0 radical (unpaired) electrons. The Labute approximate surface area is 204 Å². The number of rotatable bonds is 1. The minimum atomic E-state index is -0.140. The van der Waals surface area contributed by atoms with Crippen LogP contribution < -0.4 is 21.3 Å². The Hall–Kier alpha value is -3.69. The number of anilines is 4. The highest BCUT2D eigenvalue weighted by molar-refractivity contribution is 5.96. The maximum atomic E-state index is 12.5. The Bertz CT molecular complexity index is 1200. The van der Waals surface area contributed by atoms with E-state index in [1.807, 2.05) is 12.1 Å². The average Bonchev–Trinajstić information content (AvgIpc) is 2.88. The number of nitrogens with zero attached hydrogens (tertiary/aromatic N) is 3. The predicted molar refractivity (Wildman–Crippen MR) is 136 cm³/mol. The number of aromatic nitrogens is 2. The monoisotopic (exact) mass is 474 g/mol. The molecule has 6 rings (SSSR count). The number of benzene rings is 2. The summed E-state index contributed by atoms with van der Waals surface area (Å²) in [5.74, 6) is 0.325. The Balaban J connectivity index is 1.49. The molecule has 9 heteroatoms. The summed E-state index contributed by atoms with van der Waals surface area (Å²) in [6, 6.07) is 13.4. The zero-order valence-electron chi connectivity index (χ0n) is 19.6. The van der Waals surface area contributed by atoms with Crippen LogP contribution in [-0.2, 0) is 16.1 Å². The lowest BCUT2D eigenvalue weighted by Crippen LogP contribution is -2.36. The van der Waals surface area contributed by atoms with E-state index in [1.165, 1.54) is 0 Å². The molecule has 4 N–H and O–H groups in total. The van der Waals surface area contributed by atoms with Gasteiger partial charge in [0.05, 0.1) is 25.5 Å². The third-order valence-electron chi connectivity index (χ3n) is 6.12. The molecule has 1 amide bonds. The van der Waals surface area contributed by atoms with Gasteiger partial charge in [0.15, 0.2) is 0 Å². The van der Waals surface area contributed by atoms with Gasteiger partial charge in [-0.25, -0.2) is 9.97 Å². The Morgan fingerprint density at radius 3 is 2.71 bits per heavy atom. The van der Waals surface area contributed by atoms with Gasteiger partial charge in [-0.15, -0.1) is 0 Å². The number of amides is 1. The fourth-order valence-electron chi connectivity index (χ4n) is 4.29. The summed E-state index contributed by atoms with van der Waals surface area (Å²) < 4.78 is 11.5. The van der Waals surface area contributed by atoms with Crippen LogP contribution in [0.5, 0.6) is 0 Å². The van der Waals surface area contributed by atoms with Crippen LogP contribution in [0.4, 0.5) is 23.0 Å². The van der Waals surface area contributed by atoms with Crippen molar-refractivity contribution in [1.29, 1.82) is 0 Å². The second kappa shape index (κ2) is 10.7. The lowest BCUT2D eigenvalue weighted by molar-refractivity contribution is 0.0946. The molecular weight excluding hydrogens is 444 g/mol. The number of hydrogen-bond donors (Lipinski definition) is 3. The number of fused-ring (bicyclic) bond motifs is 9. The molecular formula is C26H30N6O3. The molecule has 0 unspecified atom stereocenters. The second-order valence-corrected chi connectivity index (χ2v) is 8.70. The van der Waals surface area contributed by atoms with Crippen LogP contribution >= 0.6 is 0 Å². The first-order valence-corrected chi connectivity index (χ1v) is 12.0. The van der Waals surface area contributed by atoms with Crippen molar-refractivity contribution in [1.82, 2.24) is 15.3 Å². The van der Waals surface area contributed by atoms with E-state index < -0.39 is 0 Å². The van der Waals surface area contributed by atoms with E-state index in [2.05, 4.69) is 43.7 Å². The number of ether oxygens (including phenoxy) is 2. The maximum absolute atomic E-state index is 12.5. The maximum Gasteiger partial charge on any atom is 0.251 e. The van der Waals surface area contributed by atoms with Gasteiger partial charge in [0.25, 0.3) is 5.91 Å². The third kappa shape index (κ3) is 5.70. The van der Waals surface area contributed by atoms with Crippen LogP contribution in [0.2, 0.25) is 0 Å². The summed E-state index contributed by atoms with van der Waals surface area (Å²) >= 11 is 0. The lowest BCUT2D eigenvalue weighted by atomic mass is 10.1. The number of nitrogens with two attached hydrogens (primary N) is 1. The minimum Gasteiger partial charge on any atom is -0.398 e. The fourth-order valence-corrected chi connectivity index (χ4v) is 4.29. The molecule has 0 atom stereocenters. The van der Waals surface area contributed by atoms with E-state index in [1.54, 1.807) is 18.3 Å². The Morgan fingerprint density at radius 2 is 1.86 bits per heavy atom. The molecule has 0 saturated carbocycles. The molecule has 1 saturated heterocycles. The lowest BCUT2D eigenvalue weighted by Gasteiger charge is -2.29. The van der Waals surface area contributed by atoms with Gasteiger partial charge in [-0.3, -0.25) is 4.79 Å². The fraction of sp³-hybridized carbons (Fsp3) is 0.346. The molecule has 3 aliphatic heterocycles. The highest BCUT2D eigenvalue weighted by Crippen LogP contribution is 2.28. The summed E-state index contributed by atoms with van der Waals surface area (Å²) in [6.07, 6.45) is 3.39. The summed E-state index contributed by atoms with van der Waals surface area (Å²) in [7, 11) is 0. The molecule has 0 aliphatic carbocycles. The van der Waals surface area contributed by atoms with Gasteiger partial charge < -0.3 is 30.7 Å². The topological polar surface area (TPSA) is 115 Å². The molecule has 0 spiro atoms. The number of morpholine rings is 1. The van der Waals surface area contributed by atoms with E-state index >= 15 is 0 Å². The van der Waals surface area contributed by atoms with E-state index in [9.17, 15) is 4.79 Å². The zero-order valence-corrected chi connectivity index (χ0v) is 19.6. The van der Waals surface area contributed by atoms with Crippen molar-refractivity contribution in [3.63, 3.8) is 0 Å². The number of carbonyl (C=O) groups excluding carboxylic acids is 1. The van der Waals surface area contributed by atoms with E-state index in [0.29, 0.717) is 55.9 Å². The summed E-state index contributed by atoms with van der Waals surface area (Å²) in [5, 5.41) is 6.31. The summed E-state index contributed by atoms with van der Waals surface area (Å²) in [5.41, 5.74) is 11.8. The molecule has 182 valence electrons. The first kappa shape index (κ1) is 23.1. The van der Waals surface area contributed by atoms with E-state index in [4.69, 9.17) is 15.2 Å². The second-order valence-electron chi connectivity index (χ2n) is 8.70. The van der Waals surface area contributed by atoms with Crippen LogP contribution in [0, 0.1) is 0 Å². The third-order valence-corrected chi connectivity index (χ3v) is 6.12. The standard InChI is InChI=1S/C26H30N6O3/c27-23-15-19-3-4-22(23)24-5-7-29-26(31-24)30-20-13-18(17-35-10-2-1-6-28-25(19)33)14-21(16-20)32-8-11-34-12-9-32/h3-5,7,13-16H,1-2,6,8-12,17,27H2,(H,28,33)(H,29,30,31). The van der Waals surface area contributed by atoms with Crippen molar-refractivity contribution in [2.45, 2.75) is 19.4 Å². The molecule has 9 nitrogen and oxygen atoms in total. The minimum absolute atomic E-state index is 0.140. The van der Waals surface area contributed by atoms with Crippen LogP contribution in [0.3, 0.4) is 0 Å². The van der Waals surface area contributed by atoms with Crippen LogP contribution in [0.1, 0.15) is 28.8 Å². The number of hydrogen-bond acceptors (Lipinski definition) is 8.